The van der Waals surface area contributed by atoms with Gasteiger partial charge in [0.2, 0.25) is 10.0 Å². The fraction of sp³-hybridized carbons (Fsp3) is 0.316. The molecule has 2 aromatic rings. The zero-order chi connectivity index (χ0) is 19.0. The van der Waals surface area contributed by atoms with Gasteiger partial charge in [0, 0.05) is 23.7 Å². The molecule has 0 saturated carbocycles. The second kappa shape index (κ2) is 6.95. The van der Waals surface area contributed by atoms with E-state index >= 15 is 0 Å². The van der Waals surface area contributed by atoms with Crippen molar-refractivity contribution in [2.45, 2.75) is 42.3 Å². The molecule has 7 nitrogen and oxygen atoms in total. The van der Waals surface area contributed by atoms with Gasteiger partial charge in [-0.1, -0.05) is 12.1 Å². The lowest BCUT2D eigenvalue weighted by Crippen LogP contribution is -2.42. The van der Waals surface area contributed by atoms with Gasteiger partial charge in [-0.05, 0) is 55.7 Å². The van der Waals surface area contributed by atoms with Crippen LogP contribution in [0.2, 0.25) is 0 Å². The van der Waals surface area contributed by atoms with Crippen LogP contribution in [0.3, 0.4) is 0 Å². The zero-order valence-corrected chi connectivity index (χ0v) is 15.4. The molecule has 1 amide bonds. The Morgan fingerprint density at radius 2 is 1.85 bits per heavy atom. The third-order valence-corrected chi connectivity index (χ3v) is 6.07. The van der Waals surface area contributed by atoms with E-state index in [9.17, 15) is 13.2 Å². The Labute approximate surface area is 158 Å². The van der Waals surface area contributed by atoms with Gasteiger partial charge < -0.3 is 15.4 Å². The molecular weight excluding hydrogens is 366 g/mol. The Bertz CT molecular complexity index is 959. The molecule has 2 saturated heterocycles. The van der Waals surface area contributed by atoms with Crippen LogP contribution in [-0.4, -0.2) is 32.5 Å². The number of rotatable bonds is 5. The van der Waals surface area contributed by atoms with Crippen molar-refractivity contribution >= 4 is 15.9 Å². The van der Waals surface area contributed by atoms with E-state index in [1.165, 1.54) is 18.6 Å². The number of amides is 1. The highest BCUT2D eigenvalue weighted by atomic mass is 32.2. The highest BCUT2D eigenvalue weighted by molar-refractivity contribution is 7.89. The number of nitrogens with one attached hydrogen (secondary N) is 2. The van der Waals surface area contributed by atoms with E-state index in [1.807, 2.05) is 0 Å². The Kier molecular flexibility index (Phi) is 4.63. The Morgan fingerprint density at radius 1 is 1.11 bits per heavy atom. The predicted molar refractivity (Wildman–Crippen MR) is 100 cm³/mol. The van der Waals surface area contributed by atoms with E-state index in [0.29, 0.717) is 23.4 Å². The Morgan fingerprint density at radius 3 is 2.48 bits per heavy atom. The second-order valence-corrected chi connectivity index (χ2v) is 8.51. The molecule has 3 unspecified atom stereocenters. The Balaban J connectivity index is 1.44. The van der Waals surface area contributed by atoms with Gasteiger partial charge in [-0.25, -0.2) is 13.6 Å². The minimum Gasteiger partial charge on any atom is -0.456 e. The van der Waals surface area contributed by atoms with Gasteiger partial charge in [-0.3, -0.25) is 4.79 Å². The van der Waals surface area contributed by atoms with Crippen molar-refractivity contribution in [2.24, 2.45) is 5.14 Å². The first-order chi connectivity index (χ1) is 12.9. The standard InChI is InChI=1S/C19H21N3O4S/c20-27(24,25)18-4-2-1-3-17(18)26-14-8-5-12(6-9-14)19(23)22-16-11-13-7-10-15(16)21-13/h1-6,8-9,13,15-16,21H,7,10-11H2,(H,22,23)(H2,20,24,25). The molecule has 0 aromatic heterocycles. The van der Waals surface area contributed by atoms with Gasteiger partial charge >= 0.3 is 0 Å². The summed E-state index contributed by atoms with van der Waals surface area (Å²) in [6.45, 7) is 0. The van der Waals surface area contributed by atoms with Crippen molar-refractivity contribution in [3.05, 3.63) is 54.1 Å². The molecule has 2 aromatic carbocycles. The summed E-state index contributed by atoms with van der Waals surface area (Å²) in [5.74, 6) is 0.445. The first-order valence-corrected chi connectivity index (χ1v) is 10.4. The fourth-order valence-corrected chi connectivity index (χ4v) is 4.46. The van der Waals surface area contributed by atoms with Gasteiger partial charge in [-0.2, -0.15) is 0 Å². The molecule has 2 fully saturated rings. The summed E-state index contributed by atoms with van der Waals surface area (Å²) in [5, 5.41) is 11.8. The summed E-state index contributed by atoms with van der Waals surface area (Å²) in [6.07, 6.45) is 3.26. The van der Waals surface area contributed by atoms with Crippen molar-refractivity contribution in [2.75, 3.05) is 0 Å². The lowest BCUT2D eigenvalue weighted by molar-refractivity contribution is 0.0931. The number of hydrogen-bond donors (Lipinski definition) is 3. The summed E-state index contributed by atoms with van der Waals surface area (Å²) in [5.41, 5.74) is 0.532. The quantitative estimate of drug-likeness (QED) is 0.724. The number of sulfonamides is 1. The maximum Gasteiger partial charge on any atom is 0.251 e. The van der Waals surface area contributed by atoms with E-state index in [2.05, 4.69) is 10.6 Å². The molecule has 142 valence electrons. The first kappa shape index (κ1) is 18.0. The number of para-hydroxylation sites is 1. The van der Waals surface area contributed by atoms with Crippen molar-refractivity contribution in [3.8, 4) is 11.5 Å². The lowest BCUT2D eigenvalue weighted by atomic mass is 9.95. The van der Waals surface area contributed by atoms with E-state index in [0.717, 1.165) is 12.8 Å². The second-order valence-electron chi connectivity index (χ2n) is 6.98. The van der Waals surface area contributed by atoms with E-state index in [-0.39, 0.29) is 22.6 Å². The third-order valence-electron chi connectivity index (χ3n) is 5.12. The largest absolute Gasteiger partial charge is 0.456 e. The minimum atomic E-state index is -3.89. The molecular formula is C19H21N3O4S. The van der Waals surface area contributed by atoms with Gasteiger partial charge in [0.15, 0.2) is 0 Å². The van der Waals surface area contributed by atoms with Crippen LogP contribution in [0.25, 0.3) is 0 Å². The molecule has 0 aliphatic carbocycles. The monoisotopic (exact) mass is 387 g/mol. The summed E-state index contributed by atoms with van der Waals surface area (Å²) >= 11 is 0. The maximum absolute atomic E-state index is 12.5. The first-order valence-electron chi connectivity index (χ1n) is 8.87. The molecule has 8 heteroatoms. The number of carbonyl (C=O) groups is 1. The summed E-state index contributed by atoms with van der Waals surface area (Å²) in [4.78, 5) is 12.4. The molecule has 2 aliphatic rings. The van der Waals surface area contributed by atoms with Gasteiger partial charge in [0.25, 0.3) is 5.91 Å². The van der Waals surface area contributed by atoms with Crippen molar-refractivity contribution in [1.82, 2.24) is 10.6 Å². The fourth-order valence-electron chi connectivity index (χ4n) is 3.81. The highest BCUT2D eigenvalue weighted by Gasteiger charge is 2.39. The summed E-state index contributed by atoms with van der Waals surface area (Å²) in [7, 11) is -3.89. The number of hydrogen-bond acceptors (Lipinski definition) is 5. The molecule has 0 radical (unpaired) electrons. The van der Waals surface area contributed by atoms with Crippen LogP contribution in [-0.2, 0) is 10.0 Å². The van der Waals surface area contributed by atoms with Crippen LogP contribution < -0.4 is 20.5 Å². The van der Waals surface area contributed by atoms with E-state index in [4.69, 9.17) is 9.88 Å². The van der Waals surface area contributed by atoms with Gasteiger partial charge in [0.1, 0.15) is 16.4 Å². The number of nitrogens with two attached hydrogens (primary N) is 1. The zero-order valence-electron chi connectivity index (χ0n) is 14.6. The maximum atomic E-state index is 12.5. The number of benzene rings is 2. The van der Waals surface area contributed by atoms with Crippen LogP contribution in [0.15, 0.2) is 53.4 Å². The molecule has 0 spiro atoms. The normalized spacial score (nSPS) is 24.0. The van der Waals surface area contributed by atoms with Crippen LogP contribution in [0.5, 0.6) is 11.5 Å². The predicted octanol–water partition coefficient (Wildman–Crippen LogP) is 1.75. The molecule has 4 N–H and O–H groups in total. The molecule has 2 bridgehead atoms. The highest BCUT2D eigenvalue weighted by Crippen LogP contribution is 2.29. The average Bonchev–Trinajstić information content (AvgIpc) is 3.25. The molecule has 2 heterocycles. The molecule has 4 rings (SSSR count). The van der Waals surface area contributed by atoms with Crippen molar-refractivity contribution in [1.29, 1.82) is 0 Å². The average molecular weight is 387 g/mol. The number of carbonyl (C=O) groups excluding carboxylic acids is 1. The van der Waals surface area contributed by atoms with E-state index < -0.39 is 10.0 Å². The Hall–Kier alpha value is -2.42. The number of primary sulfonamides is 1. The molecule has 3 atom stereocenters. The SMILES string of the molecule is NS(=O)(=O)c1ccccc1Oc1ccc(C(=O)NC2CC3CCC2N3)cc1. The molecule has 2 aliphatic heterocycles. The number of ether oxygens (including phenoxy) is 1. The van der Waals surface area contributed by atoms with Gasteiger partial charge in [0.05, 0.1) is 0 Å². The van der Waals surface area contributed by atoms with Crippen LogP contribution >= 0.6 is 0 Å². The minimum absolute atomic E-state index is 0.0874. The summed E-state index contributed by atoms with van der Waals surface area (Å²) in [6, 6.07) is 13.8. The van der Waals surface area contributed by atoms with Gasteiger partial charge in [-0.15, -0.1) is 0 Å². The lowest BCUT2D eigenvalue weighted by Gasteiger charge is -2.21. The topological polar surface area (TPSA) is 111 Å². The van der Waals surface area contributed by atoms with Crippen molar-refractivity contribution < 1.29 is 17.9 Å². The summed E-state index contributed by atoms with van der Waals surface area (Å²) < 4.78 is 28.9. The van der Waals surface area contributed by atoms with Crippen LogP contribution in [0, 0.1) is 0 Å². The van der Waals surface area contributed by atoms with Crippen LogP contribution in [0.1, 0.15) is 29.6 Å². The third kappa shape index (κ3) is 3.83. The smallest absolute Gasteiger partial charge is 0.251 e. The molecule has 27 heavy (non-hydrogen) atoms. The van der Waals surface area contributed by atoms with Crippen molar-refractivity contribution in [3.63, 3.8) is 0 Å². The van der Waals surface area contributed by atoms with E-state index in [1.54, 1.807) is 36.4 Å². The number of fused-ring (bicyclic) bond motifs is 2. The van der Waals surface area contributed by atoms with Crippen LogP contribution in [0.4, 0.5) is 0 Å².